The van der Waals surface area contributed by atoms with E-state index in [1.165, 1.54) is 24.3 Å². The Labute approximate surface area is 134 Å². The Hall–Kier alpha value is -2.66. The van der Waals surface area contributed by atoms with Crippen molar-refractivity contribution in [2.45, 2.75) is 4.90 Å². The maximum atomic E-state index is 13.1. The summed E-state index contributed by atoms with van der Waals surface area (Å²) in [5, 5.41) is 0. The molecule has 0 radical (unpaired) electrons. The monoisotopic (exact) mass is 327 g/mol. The van der Waals surface area contributed by atoms with Crippen molar-refractivity contribution in [1.29, 1.82) is 0 Å². The minimum absolute atomic E-state index is 0.189. The van der Waals surface area contributed by atoms with Crippen LogP contribution < -0.4 is 4.72 Å². The topological polar surface area (TPSA) is 46.2 Å². The van der Waals surface area contributed by atoms with Gasteiger partial charge in [0.25, 0.3) is 10.0 Å². The first-order valence-electron chi connectivity index (χ1n) is 6.99. The van der Waals surface area contributed by atoms with Gasteiger partial charge in [-0.15, -0.1) is 0 Å². The lowest BCUT2D eigenvalue weighted by molar-refractivity contribution is 0.601. The maximum absolute atomic E-state index is 13.1. The van der Waals surface area contributed by atoms with Gasteiger partial charge in [0.2, 0.25) is 0 Å². The molecular formula is C18H14FNO2S. The van der Waals surface area contributed by atoms with Crippen molar-refractivity contribution < 1.29 is 12.8 Å². The molecule has 23 heavy (non-hydrogen) atoms. The number of sulfonamides is 1. The fraction of sp³-hybridized carbons (Fsp3) is 0. The Morgan fingerprint density at radius 2 is 1.35 bits per heavy atom. The van der Waals surface area contributed by atoms with Crippen LogP contribution in [-0.4, -0.2) is 8.42 Å². The Bertz CT molecular complexity index is 907. The molecule has 0 saturated carbocycles. The maximum Gasteiger partial charge on any atom is 0.261 e. The minimum atomic E-state index is -3.68. The highest BCUT2D eigenvalue weighted by molar-refractivity contribution is 7.92. The second-order valence-corrected chi connectivity index (χ2v) is 6.65. The number of hydrogen-bond donors (Lipinski definition) is 1. The van der Waals surface area contributed by atoms with Crippen molar-refractivity contribution in [3.8, 4) is 11.1 Å². The van der Waals surface area contributed by atoms with Gasteiger partial charge in [0.15, 0.2) is 0 Å². The zero-order valence-corrected chi connectivity index (χ0v) is 12.9. The fourth-order valence-electron chi connectivity index (χ4n) is 2.26. The molecule has 0 spiro atoms. The van der Waals surface area contributed by atoms with Crippen LogP contribution in [0.15, 0.2) is 83.8 Å². The molecule has 3 aromatic carbocycles. The number of nitrogens with one attached hydrogen (secondary N) is 1. The predicted octanol–water partition coefficient (Wildman–Crippen LogP) is 4.29. The number of anilines is 1. The van der Waals surface area contributed by atoms with Gasteiger partial charge in [0.1, 0.15) is 5.82 Å². The smallest absolute Gasteiger partial charge is 0.261 e. The standard InChI is InChI=1S/C18H14FNO2S/c19-15-12-10-14(11-13-15)17-8-4-5-9-18(17)20-23(21,22)16-6-2-1-3-7-16/h1-13,20H. The van der Waals surface area contributed by atoms with Crippen molar-refractivity contribution in [3.05, 3.63) is 84.7 Å². The molecule has 3 aromatic rings. The quantitative estimate of drug-likeness (QED) is 0.777. The highest BCUT2D eigenvalue weighted by atomic mass is 32.2. The molecule has 0 aliphatic carbocycles. The van der Waals surface area contributed by atoms with Crippen LogP contribution in [0, 0.1) is 5.82 Å². The Kier molecular flexibility index (Phi) is 4.12. The molecule has 1 N–H and O–H groups in total. The minimum Gasteiger partial charge on any atom is -0.279 e. The number of rotatable bonds is 4. The van der Waals surface area contributed by atoms with Crippen LogP contribution in [0.25, 0.3) is 11.1 Å². The summed E-state index contributed by atoms with van der Waals surface area (Å²) in [4.78, 5) is 0.189. The third-order valence-electron chi connectivity index (χ3n) is 3.38. The second kappa shape index (κ2) is 6.22. The normalized spacial score (nSPS) is 11.2. The molecule has 0 amide bonds. The van der Waals surface area contributed by atoms with Gasteiger partial charge in [0.05, 0.1) is 10.6 Å². The molecule has 0 aliphatic heterocycles. The molecule has 0 unspecified atom stereocenters. The zero-order chi connectivity index (χ0) is 16.3. The highest BCUT2D eigenvalue weighted by Crippen LogP contribution is 2.29. The van der Waals surface area contributed by atoms with E-state index in [9.17, 15) is 12.8 Å². The Morgan fingerprint density at radius 3 is 2.04 bits per heavy atom. The van der Waals surface area contributed by atoms with Crippen molar-refractivity contribution >= 4 is 15.7 Å². The lowest BCUT2D eigenvalue weighted by Crippen LogP contribution is -2.13. The van der Waals surface area contributed by atoms with Crippen LogP contribution in [0.1, 0.15) is 0 Å². The van der Waals surface area contributed by atoms with E-state index < -0.39 is 10.0 Å². The summed E-state index contributed by atoms with van der Waals surface area (Å²) in [5.41, 5.74) is 1.87. The summed E-state index contributed by atoms with van der Waals surface area (Å²) in [6.07, 6.45) is 0. The van der Waals surface area contributed by atoms with Gasteiger partial charge >= 0.3 is 0 Å². The second-order valence-electron chi connectivity index (χ2n) is 4.97. The van der Waals surface area contributed by atoms with E-state index in [4.69, 9.17) is 0 Å². The van der Waals surface area contributed by atoms with E-state index in [0.717, 1.165) is 5.56 Å². The van der Waals surface area contributed by atoms with E-state index in [1.54, 1.807) is 54.6 Å². The molecule has 0 aromatic heterocycles. The molecule has 0 saturated heterocycles. The van der Waals surface area contributed by atoms with E-state index in [0.29, 0.717) is 11.3 Å². The third-order valence-corrected chi connectivity index (χ3v) is 4.76. The van der Waals surface area contributed by atoms with Gasteiger partial charge in [-0.05, 0) is 35.9 Å². The summed E-state index contributed by atoms with van der Waals surface area (Å²) in [6.45, 7) is 0. The molecule has 0 aliphatic rings. The molecule has 3 rings (SSSR count). The van der Waals surface area contributed by atoms with Crippen LogP contribution in [0.5, 0.6) is 0 Å². The SMILES string of the molecule is O=S(=O)(Nc1ccccc1-c1ccc(F)cc1)c1ccccc1. The van der Waals surface area contributed by atoms with Crippen molar-refractivity contribution in [1.82, 2.24) is 0 Å². The third kappa shape index (κ3) is 3.40. The average molecular weight is 327 g/mol. The summed E-state index contributed by atoms with van der Waals surface area (Å²) < 4.78 is 40.6. The number of para-hydroxylation sites is 1. The van der Waals surface area contributed by atoms with Crippen LogP contribution in [0.4, 0.5) is 10.1 Å². The van der Waals surface area contributed by atoms with Crippen LogP contribution in [0.3, 0.4) is 0 Å². The molecule has 0 atom stereocenters. The number of hydrogen-bond acceptors (Lipinski definition) is 2. The molecule has 116 valence electrons. The zero-order valence-electron chi connectivity index (χ0n) is 12.1. The van der Waals surface area contributed by atoms with Crippen molar-refractivity contribution in [2.75, 3.05) is 4.72 Å². The van der Waals surface area contributed by atoms with Gasteiger partial charge < -0.3 is 0 Å². The number of benzene rings is 3. The molecule has 5 heteroatoms. The van der Waals surface area contributed by atoms with Gasteiger partial charge in [-0.1, -0.05) is 48.5 Å². The van der Waals surface area contributed by atoms with Crippen LogP contribution in [0.2, 0.25) is 0 Å². The van der Waals surface area contributed by atoms with Gasteiger partial charge in [-0.2, -0.15) is 0 Å². The van der Waals surface area contributed by atoms with Crippen molar-refractivity contribution in [2.24, 2.45) is 0 Å². The Morgan fingerprint density at radius 1 is 0.739 bits per heavy atom. The van der Waals surface area contributed by atoms with E-state index in [-0.39, 0.29) is 10.7 Å². The highest BCUT2D eigenvalue weighted by Gasteiger charge is 2.15. The Balaban J connectivity index is 2.00. The molecular weight excluding hydrogens is 313 g/mol. The lowest BCUT2D eigenvalue weighted by Gasteiger charge is -2.13. The largest absolute Gasteiger partial charge is 0.279 e. The van der Waals surface area contributed by atoms with E-state index in [1.807, 2.05) is 0 Å². The average Bonchev–Trinajstić information content (AvgIpc) is 2.57. The lowest BCUT2D eigenvalue weighted by atomic mass is 10.0. The number of halogens is 1. The van der Waals surface area contributed by atoms with Gasteiger partial charge in [-0.3, -0.25) is 4.72 Å². The first-order chi connectivity index (χ1) is 11.1. The fourth-order valence-corrected chi connectivity index (χ4v) is 3.36. The van der Waals surface area contributed by atoms with Crippen LogP contribution in [-0.2, 0) is 10.0 Å². The van der Waals surface area contributed by atoms with E-state index >= 15 is 0 Å². The summed E-state index contributed by atoms with van der Waals surface area (Å²) in [7, 11) is -3.68. The predicted molar refractivity (Wildman–Crippen MR) is 89.1 cm³/mol. The summed E-state index contributed by atoms with van der Waals surface area (Å²) >= 11 is 0. The molecule has 0 bridgehead atoms. The first-order valence-corrected chi connectivity index (χ1v) is 8.47. The van der Waals surface area contributed by atoms with Crippen molar-refractivity contribution in [3.63, 3.8) is 0 Å². The summed E-state index contributed by atoms with van der Waals surface area (Å²) in [5.74, 6) is -0.337. The molecule has 0 fully saturated rings. The van der Waals surface area contributed by atoms with E-state index in [2.05, 4.69) is 4.72 Å². The molecule has 0 heterocycles. The van der Waals surface area contributed by atoms with Crippen LogP contribution >= 0.6 is 0 Å². The van der Waals surface area contributed by atoms with Gasteiger partial charge in [0, 0.05) is 5.56 Å². The first kappa shape index (κ1) is 15.2. The van der Waals surface area contributed by atoms with Gasteiger partial charge in [-0.25, -0.2) is 12.8 Å². The summed E-state index contributed by atoms with van der Waals surface area (Å²) in [6, 6.07) is 21.1. The molecule has 3 nitrogen and oxygen atoms in total.